The molecule has 0 fully saturated rings. The Hall–Kier alpha value is -1.77. The lowest BCUT2D eigenvalue weighted by Gasteiger charge is -2.13. The number of guanidine groups is 1. The van der Waals surface area contributed by atoms with E-state index < -0.39 is 0 Å². The molecule has 2 aromatic rings. The van der Waals surface area contributed by atoms with E-state index in [2.05, 4.69) is 41.4 Å². The summed E-state index contributed by atoms with van der Waals surface area (Å²) in [7, 11) is 3.40. The van der Waals surface area contributed by atoms with Gasteiger partial charge in [0.05, 0.1) is 19.9 Å². The number of oxazole rings is 1. The van der Waals surface area contributed by atoms with Crippen LogP contribution in [0.1, 0.15) is 38.0 Å². The number of hydrogen-bond donors (Lipinski definition) is 2. The minimum atomic E-state index is -0.0441. The van der Waals surface area contributed by atoms with Crippen LogP contribution in [0.2, 0.25) is 0 Å². The highest BCUT2D eigenvalue weighted by molar-refractivity contribution is 14.0. The molecule has 0 aliphatic carbocycles. The van der Waals surface area contributed by atoms with Crippen molar-refractivity contribution >= 4 is 29.9 Å². The zero-order valence-corrected chi connectivity index (χ0v) is 17.8. The first-order valence-electron chi connectivity index (χ1n) is 7.95. The number of rotatable bonds is 5. The van der Waals surface area contributed by atoms with Crippen molar-refractivity contribution in [2.24, 2.45) is 4.99 Å². The molecule has 0 spiro atoms. The van der Waals surface area contributed by atoms with Gasteiger partial charge < -0.3 is 19.8 Å². The van der Waals surface area contributed by atoms with Crippen molar-refractivity contribution in [2.45, 2.75) is 39.3 Å². The van der Waals surface area contributed by atoms with Gasteiger partial charge in [-0.25, -0.2) is 4.98 Å². The summed E-state index contributed by atoms with van der Waals surface area (Å²) in [6.45, 7) is 7.42. The summed E-state index contributed by atoms with van der Waals surface area (Å²) in [5, 5.41) is 6.46. The van der Waals surface area contributed by atoms with Gasteiger partial charge in [-0.2, -0.15) is 0 Å². The van der Waals surface area contributed by atoms with Crippen molar-refractivity contribution in [3.63, 3.8) is 0 Å². The maximum atomic E-state index is 5.76. The average Bonchev–Trinajstić information content (AvgIpc) is 3.04. The molecule has 0 atom stereocenters. The zero-order valence-electron chi connectivity index (χ0n) is 15.4. The van der Waals surface area contributed by atoms with Gasteiger partial charge in [0, 0.05) is 19.0 Å². The van der Waals surface area contributed by atoms with Crippen molar-refractivity contribution < 1.29 is 9.15 Å². The number of nitrogens with zero attached hydrogens (tertiary/aromatic N) is 2. The second-order valence-electron chi connectivity index (χ2n) is 6.50. The summed E-state index contributed by atoms with van der Waals surface area (Å²) in [6, 6.07) is 7.91. The number of halogens is 1. The molecule has 0 aliphatic rings. The van der Waals surface area contributed by atoms with Crippen molar-refractivity contribution in [3.8, 4) is 5.75 Å². The summed E-state index contributed by atoms with van der Waals surface area (Å²) < 4.78 is 11.0. The smallest absolute Gasteiger partial charge is 0.213 e. The largest absolute Gasteiger partial charge is 0.497 e. The third kappa shape index (κ3) is 6.56. The van der Waals surface area contributed by atoms with Crippen LogP contribution >= 0.6 is 24.0 Å². The van der Waals surface area contributed by atoms with Crippen LogP contribution in [0, 0.1) is 0 Å². The Balaban J connectivity index is 0.00000312. The molecule has 1 heterocycles. The monoisotopic (exact) mass is 458 g/mol. The third-order valence-corrected chi connectivity index (χ3v) is 3.52. The second kappa shape index (κ2) is 9.65. The first-order valence-corrected chi connectivity index (χ1v) is 7.95. The lowest BCUT2D eigenvalue weighted by Crippen LogP contribution is -2.36. The van der Waals surface area contributed by atoms with Gasteiger partial charge in [-0.15, -0.1) is 24.0 Å². The fourth-order valence-electron chi connectivity index (χ4n) is 2.09. The van der Waals surface area contributed by atoms with Crippen LogP contribution < -0.4 is 15.4 Å². The zero-order chi connectivity index (χ0) is 17.6. The van der Waals surface area contributed by atoms with Crippen molar-refractivity contribution in [3.05, 3.63) is 47.7 Å². The lowest BCUT2D eigenvalue weighted by atomic mass is 9.94. The molecule has 0 aliphatic heterocycles. The first kappa shape index (κ1) is 21.3. The highest BCUT2D eigenvalue weighted by Crippen LogP contribution is 2.22. The van der Waals surface area contributed by atoms with Crippen LogP contribution in [-0.4, -0.2) is 25.1 Å². The number of nitrogens with one attached hydrogen (secondary N) is 2. The van der Waals surface area contributed by atoms with Gasteiger partial charge >= 0.3 is 0 Å². The van der Waals surface area contributed by atoms with E-state index in [0.717, 1.165) is 17.1 Å². The van der Waals surface area contributed by atoms with Crippen LogP contribution in [0.15, 0.2) is 39.9 Å². The van der Waals surface area contributed by atoms with Crippen LogP contribution in [0.4, 0.5) is 0 Å². The Labute approximate surface area is 166 Å². The molecule has 7 heteroatoms. The van der Waals surface area contributed by atoms with Gasteiger partial charge in [-0.1, -0.05) is 32.9 Å². The molecule has 0 radical (unpaired) electrons. The highest BCUT2D eigenvalue weighted by atomic mass is 127. The number of hydrogen-bond acceptors (Lipinski definition) is 4. The van der Waals surface area contributed by atoms with Gasteiger partial charge in [0.1, 0.15) is 11.5 Å². The standard InChI is InChI=1S/C18H26N4O2.HI/c1-18(2,3)15-11-20-16(24-15)12-22-17(19-4)21-10-13-7-6-8-14(9-13)23-5;/h6-9,11H,10,12H2,1-5H3,(H2,19,21,22);1H. The maximum Gasteiger partial charge on any atom is 0.213 e. The molecule has 6 nitrogen and oxygen atoms in total. The number of methoxy groups -OCH3 is 1. The Morgan fingerprint density at radius 1 is 1.24 bits per heavy atom. The number of benzene rings is 1. The summed E-state index contributed by atoms with van der Waals surface area (Å²) in [4.78, 5) is 8.51. The molecule has 0 saturated heterocycles. The number of aromatic nitrogens is 1. The molecule has 2 N–H and O–H groups in total. The van der Waals surface area contributed by atoms with E-state index in [1.165, 1.54) is 0 Å². The van der Waals surface area contributed by atoms with Crippen molar-refractivity contribution in [2.75, 3.05) is 14.2 Å². The van der Waals surface area contributed by atoms with E-state index in [0.29, 0.717) is 24.9 Å². The van der Waals surface area contributed by atoms with Gasteiger partial charge in [-0.3, -0.25) is 4.99 Å². The summed E-state index contributed by atoms with van der Waals surface area (Å²) in [5.41, 5.74) is 1.07. The number of aliphatic imine (C=N–C) groups is 1. The van der Waals surface area contributed by atoms with Crippen molar-refractivity contribution in [1.29, 1.82) is 0 Å². The molecule has 25 heavy (non-hydrogen) atoms. The fourth-order valence-corrected chi connectivity index (χ4v) is 2.09. The Morgan fingerprint density at radius 2 is 1.96 bits per heavy atom. The minimum Gasteiger partial charge on any atom is -0.497 e. The van der Waals surface area contributed by atoms with Crippen LogP contribution in [0.3, 0.4) is 0 Å². The van der Waals surface area contributed by atoms with E-state index in [1.807, 2.05) is 24.3 Å². The summed E-state index contributed by atoms with van der Waals surface area (Å²) in [5.74, 6) is 3.04. The SMILES string of the molecule is CN=C(NCc1cccc(OC)c1)NCc1ncc(C(C)(C)C)o1.I. The average molecular weight is 458 g/mol. The van der Waals surface area contributed by atoms with E-state index in [9.17, 15) is 0 Å². The molecule has 1 aromatic heterocycles. The van der Waals surface area contributed by atoms with Crippen LogP contribution in [-0.2, 0) is 18.5 Å². The minimum absolute atomic E-state index is 0. The predicted molar refractivity (Wildman–Crippen MR) is 111 cm³/mol. The molecular formula is C18H27IN4O2. The van der Waals surface area contributed by atoms with Crippen LogP contribution in [0.25, 0.3) is 0 Å². The highest BCUT2D eigenvalue weighted by Gasteiger charge is 2.19. The van der Waals surface area contributed by atoms with E-state index >= 15 is 0 Å². The molecule has 0 saturated carbocycles. The fraction of sp³-hybridized carbons (Fsp3) is 0.444. The summed E-state index contributed by atoms with van der Waals surface area (Å²) >= 11 is 0. The predicted octanol–water partition coefficient (Wildman–Crippen LogP) is 3.46. The van der Waals surface area contributed by atoms with E-state index in [1.54, 1.807) is 20.4 Å². The topological polar surface area (TPSA) is 71.7 Å². The van der Waals surface area contributed by atoms with Gasteiger partial charge in [0.15, 0.2) is 5.96 Å². The molecule has 0 bridgehead atoms. The number of ether oxygens (including phenoxy) is 1. The van der Waals surface area contributed by atoms with Crippen molar-refractivity contribution in [1.82, 2.24) is 15.6 Å². The summed E-state index contributed by atoms with van der Waals surface area (Å²) in [6.07, 6.45) is 1.78. The molecular weight excluding hydrogens is 431 g/mol. The third-order valence-electron chi connectivity index (χ3n) is 3.52. The quantitative estimate of drug-likeness (QED) is 0.408. The second-order valence-corrected chi connectivity index (χ2v) is 6.50. The van der Waals surface area contributed by atoms with Crippen LogP contribution in [0.5, 0.6) is 5.75 Å². The molecule has 1 aromatic carbocycles. The Kier molecular flexibility index (Phi) is 8.21. The molecule has 138 valence electrons. The molecule has 2 rings (SSSR count). The first-order chi connectivity index (χ1) is 11.4. The van der Waals surface area contributed by atoms with E-state index in [4.69, 9.17) is 9.15 Å². The molecule has 0 amide bonds. The molecule has 0 unspecified atom stereocenters. The normalized spacial score (nSPS) is 11.6. The Morgan fingerprint density at radius 3 is 2.56 bits per heavy atom. The van der Waals surface area contributed by atoms with Gasteiger partial charge in [0.25, 0.3) is 0 Å². The lowest BCUT2D eigenvalue weighted by molar-refractivity contribution is 0.379. The van der Waals surface area contributed by atoms with E-state index in [-0.39, 0.29) is 29.4 Å². The Bertz CT molecular complexity index is 692. The van der Waals surface area contributed by atoms with Gasteiger partial charge in [0.2, 0.25) is 5.89 Å². The maximum absolute atomic E-state index is 5.76. The van der Waals surface area contributed by atoms with Gasteiger partial charge in [-0.05, 0) is 17.7 Å².